The molecule has 1 N–H and O–H groups in total. The van der Waals surface area contributed by atoms with E-state index in [9.17, 15) is 9.50 Å². The zero-order chi connectivity index (χ0) is 13.1. The van der Waals surface area contributed by atoms with Gasteiger partial charge in [0, 0.05) is 16.5 Å². The maximum Gasteiger partial charge on any atom is 0.126 e. The van der Waals surface area contributed by atoms with Gasteiger partial charge in [0.15, 0.2) is 0 Å². The molecule has 0 aromatic heterocycles. The third-order valence-electron chi connectivity index (χ3n) is 2.65. The van der Waals surface area contributed by atoms with Gasteiger partial charge >= 0.3 is 0 Å². The van der Waals surface area contributed by atoms with Crippen LogP contribution in [0, 0.1) is 5.82 Å². The lowest BCUT2D eigenvalue weighted by atomic mass is 10.0. The Hall–Kier alpha value is -1.09. The highest BCUT2D eigenvalue weighted by Crippen LogP contribution is 2.24. The summed E-state index contributed by atoms with van der Waals surface area (Å²) in [6.07, 6.45) is -0.649. The number of aliphatic hydroxyl groups is 1. The number of rotatable bonds is 3. The van der Waals surface area contributed by atoms with Gasteiger partial charge in [-0.25, -0.2) is 4.39 Å². The molecule has 4 heteroatoms. The maximum atomic E-state index is 13.5. The molecule has 0 aliphatic heterocycles. The summed E-state index contributed by atoms with van der Waals surface area (Å²) in [6, 6.07) is 11.2. The second-order valence-electron chi connectivity index (χ2n) is 4.01. The van der Waals surface area contributed by atoms with Gasteiger partial charge in [0.25, 0.3) is 0 Å². The average Bonchev–Trinajstić information content (AvgIpc) is 2.34. The summed E-state index contributed by atoms with van der Waals surface area (Å²) >= 11 is 11.6. The van der Waals surface area contributed by atoms with Crippen LogP contribution in [0.4, 0.5) is 4.39 Å². The molecule has 0 saturated carbocycles. The highest BCUT2D eigenvalue weighted by atomic mass is 35.5. The van der Waals surface area contributed by atoms with E-state index in [2.05, 4.69) is 0 Å². The third kappa shape index (κ3) is 3.22. The topological polar surface area (TPSA) is 20.2 Å². The molecule has 2 aromatic rings. The molecule has 18 heavy (non-hydrogen) atoms. The minimum atomic E-state index is -0.809. The summed E-state index contributed by atoms with van der Waals surface area (Å²) < 4.78 is 13.5. The molecular weight excluding hydrogens is 274 g/mol. The van der Waals surface area contributed by atoms with Crippen LogP contribution in [-0.2, 0) is 6.42 Å². The highest BCUT2D eigenvalue weighted by Gasteiger charge is 2.12. The quantitative estimate of drug-likeness (QED) is 0.885. The van der Waals surface area contributed by atoms with Crippen LogP contribution in [0.2, 0.25) is 10.0 Å². The molecule has 0 amide bonds. The molecule has 2 rings (SSSR count). The van der Waals surface area contributed by atoms with Gasteiger partial charge in [-0.05, 0) is 41.5 Å². The van der Waals surface area contributed by atoms with Crippen molar-refractivity contribution in [2.45, 2.75) is 12.5 Å². The first-order chi connectivity index (χ1) is 8.56. The van der Waals surface area contributed by atoms with Crippen molar-refractivity contribution in [3.8, 4) is 0 Å². The fourth-order valence-electron chi connectivity index (χ4n) is 1.74. The fourth-order valence-corrected chi connectivity index (χ4v) is 2.13. The van der Waals surface area contributed by atoms with Crippen LogP contribution in [0.1, 0.15) is 17.2 Å². The van der Waals surface area contributed by atoms with Crippen molar-refractivity contribution >= 4 is 23.2 Å². The summed E-state index contributed by atoms with van der Waals surface area (Å²) in [5.41, 5.74) is 1.04. The minimum absolute atomic E-state index is 0.159. The van der Waals surface area contributed by atoms with Crippen LogP contribution in [-0.4, -0.2) is 5.11 Å². The van der Waals surface area contributed by atoms with E-state index < -0.39 is 6.10 Å². The van der Waals surface area contributed by atoms with Crippen molar-refractivity contribution in [2.24, 2.45) is 0 Å². The summed E-state index contributed by atoms with van der Waals surface area (Å²) in [4.78, 5) is 0. The molecule has 0 spiro atoms. The first-order valence-corrected chi connectivity index (χ1v) is 6.19. The average molecular weight is 285 g/mol. The van der Waals surface area contributed by atoms with Gasteiger partial charge in [-0.1, -0.05) is 35.3 Å². The Labute approximate surface area is 115 Å². The van der Waals surface area contributed by atoms with Crippen molar-refractivity contribution in [1.29, 1.82) is 0 Å². The first kappa shape index (κ1) is 13.3. The Bertz CT molecular complexity index is 557. The molecule has 0 aliphatic rings. The summed E-state index contributed by atoms with van der Waals surface area (Å²) in [5, 5.41) is 11.0. The van der Waals surface area contributed by atoms with Crippen molar-refractivity contribution in [3.63, 3.8) is 0 Å². The van der Waals surface area contributed by atoms with Gasteiger partial charge < -0.3 is 5.11 Å². The number of benzene rings is 2. The monoisotopic (exact) mass is 284 g/mol. The van der Waals surface area contributed by atoms with Crippen LogP contribution in [0.15, 0.2) is 42.5 Å². The molecule has 1 atom stereocenters. The Morgan fingerprint density at radius 2 is 1.78 bits per heavy atom. The number of hydrogen-bond donors (Lipinski definition) is 1. The Balaban J connectivity index is 2.21. The second kappa shape index (κ2) is 5.70. The van der Waals surface area contributed by atoms with Gasteiger partial charge in [0.05, 0.1) is 6.10 Å². The summed E-state index contributed by atoms with van der Waals surface area (Å²) in [5.74, 6) is -0.375. The molecule has 0 bridgehead atoms. The molecule has 94 valence electrons. The third-order valence-corrected chi connectivity index (χ3v) is 3.12. The van der Waals surface area contributed by atoms with Gasteiger partial charge in [-0.2, -0.15) is 0 Å². The van der Waals surface area contributed by atoms with Gasteiger partial charge in [-0.15, -0.1) is 0 Å². The van der Waals surface area contributed by atoms with E-state index in [-0.39, 0.29) is 12.2 Å². The zero-order valence-electron chi connectivity index (χ0n) is 9.41. The molecule has 2 aromatic carbocycles. The molecule has 0 aliphatic carbocycles. The highest BCUT2D eigenvalue weighted by molar-refractivity contribution is 6.30. The predicted octanol–water partition coefficient (Wildman–Crippen LogP) is 4.41. The zero-order valence-corrected chi connectivity index (χ0v) is 10.9. The lowest BCUT2D eigenvalue weighted by Gasteiger charge is -2.12. The number of halogens is 3. The first-order valence-electron chi connectivity index (χ1n) is 5.44. The SMILES string of the molecule is OC(Cc1cc(Cl)ccc1F)c1cccc(Cl)c1. The standard InChI is InChI=1S/C14H11Cl2FO/c15-11-3-1-2-9(6-11)14(18)8-10-7-12(16)4-5-13(10)17/h1-7,14,18H,8H2. The molecule has 1 nitrogen and oxygen atoms in total. The molecule has 0 fully saturated rings. The Kier molecular flexibility index (Phi) is 4.23. The van der Waals surface area contributed by atoms with Crippen LogP contribution < -0.4 is 0 Å². The van der Waals surface area contributed by atoms with E-state index in [1.165, 1.54) is 18.2 Å². The summed E-state index contributed by atoms with van der Waals surface area (Å²) in [6.45, 7) is 0. The van der Waals surface area contributed by atoms with Crippen molar-refractivity contribution < 1.29 is 9.50 Å². The van der Waals surface area contributed by atoms with Crippen molar-refractivity contribution in [2.75, 3.05) is 0 Å². The van der Waals surface area contributed by atoms with Crippen LogP contribution >= 0.6 is 23.2 Å². The molecule has 0 radical (unpaired) electrons. The van der Waals surface area contributed by atoms with E-state index in [1.807, 2.05) is 0 Å². The molecule has 1 unspecified atom stereocenters. The molecule has 0 saturated heterocycles. The Morgan fingerprint density at radius 1 is 1.06 bits per heavy atom. The van der Waals surface area contributed by atoms with E-state index >= 15 is 0 Å². The fraction of sp³-hybridized carbons (Fsp3) is 0.143. The van der Waals surface area contributed by atoms with E-state index in [4.69, 9.17) is 23.2 Å². The van der Waals surface area contributed by atoms with Gasteiger partial charge in [0.2, 0.25) is 0 Å². The lowest BCUT2D eigenvalue weighted by Crippen LogP contribution is -2.03. The van der Waals surface area contributed by atoms with Crippen molar-refractivity contribution in [1.82, 2.24) is 0 Å². The Morgan fingerprint density at radius 3 is 2.50 bits per heavy atom. The van der Waals surface area contributed by atoms with Crippen LogP contribution in [0.25, 0.3) is 0 Å². The number of aliphatic hydroxyl groups excluding tert-OH is 1. The van der Waals surface area contributed by atoms with Crippen LogP contribution in [0.5, 0.6) is 0 Å². The summed E-state index contributed by atoms with van der Waals surface area (Å²) in [7, 11) is 0. The van der Waals surface area contributed by atoms with Gasteiger partial charge in [-0.3, -0.25) is 0 Å². The van der Waals surface area contributed by atoms with E-state index in [0.717, 1.165) is 0 Å². The largest absolute Gasteiger partial charge is 0.388 e. The van der Waals surface area contributed by atoms with Crippen LogP contribution in [0.3, 0.4) is 0 Å². The van der Waals surface area contributed by atoms with E-state index in [0.29, 0.717) is 21.2 Å². The van der Waals surface area contributed by atoms with E-state index in [1.54, 1.807) is 24.3 Å². The smallest absolute Gasteiger partial charge is 0.126 e. The number of hydrogen-bond acceptors (Lipinski definition) is 1. The minimum Gasteiger partial charge on any atom is -0.388 e. The molecule has 0 heterocycles. The lowest BCUT2D eigenvalue weighted by molar-refractivity contribution is 0.177. The normalized spacial score (nSPS) is 12.4. The van der Waals surface area contributed by atoms with Gasteiger partial charge in [0.1, 0.15) is 5.82 Å². The maximum absolute atomic E-state index is 13.5. The second-order valence-corrected chi connectivity index (χ2v) is 4.88. The predicted molar refractivity (Wildman–Crippen MR) is 71.5 cm³/mol. The molecular formula is C14H11Cl2FO. The van der Waals surface area contributed by atoms with Crippen molar-refractivity contribution in [3.05, 3.63) is 69.5 Å².